The van der Waals surface area contributed by atoms with Crippen molar-refractivity contribution in [2.45, 2.75) is 13.8 Å². The summed E-state index contributed by atoms with van der Waals surface area (Å²) in [4.78, 5) is 13.0. The highest BCUT2D eigenvalue weighted by Gasteiger charge is 2.06. The van der Waals surface area contributed by atoms with Gasteiger partial charge in [0.2, 0.25) is 4.80 Å². The summed E-state index contributed by atoms with van der Waals surface area (Å²) >= 11 is 1.55. The zero-order valence-corrected chi connectivity index (χ0v) is 13.6. The van der Waals surface area contributed by atoms with Gasteiger partial charge in [-0.2, -0.15) is 0 Å². The lowest BCUT2D eigenvalue weighted by Gasteiger charge is -2.03. The lowest BCUT2D eigenvalue weighted by molar-refractivity contribution is 0.0953. The summed E-state index contributed by atoms with van der Waals surface area (Å²) in [6.45, 7) is 4.02. The van der Waals surface area contributed by atoms with E-state index in [1.807, 2.05) is 67.9 Å². The molecule has 0 atom stereocenters. The van der Waals surface area contributed by atoms with Crippen LogP contribution >= 0.6 is 11.3 Å². The van der Waals surface area contributed by atoms with Gasteiger partial charge in [-0.1, -0.05) is 29.5 Å². The molecule has 0 bridgehead atoms. The van der Waals surface area contributed by atoms with Gasteiger partial charge < -0.3 is 4.57 Å². The quantitative estimate of drug-likeness (QED) is 0.726. The first-order valence-corrected chi connectivity index (χ1v) is 7.84. The third-order valence-corrected chi connectivity index (χ3v) is 4.85. The van der Waals surface area contributed by atoms with Crippen molar-refractivity contribution in [1.82, 2.24) is 9.99 Å². The normalized spacial score (nSPS) is 11.9. The van der Waals surface area contributed by atoms with Crippen LogP contribution in [0.1, 0.15) is 21.5 Å². The first-order valence-electron chi connectivity index (χ1n) is 7.02. The Balaban J connectivity index is 1.90. The van der Waals surface area contributed by atoms with Gasteiger partial charge in [0, 0.05) is 12.6 Å². The molecule has 0 aliphatic carbocycles. The van der Waals surface area contributed by atoms with E-state index < -0.39 is 0 Å². The second kappa shape index (κ2) is 5.77. The topological polar surface area (TPSA) is 46.4 Å². The molecule has 0 unspecified atom stereocenters. The van der Waals surface area contributed by atoms with Crippen molar-refractivity contribution in [2.75, 3.05) is 0 Å². The Morgan fingerprint density at radius 3 is 2.64 bits per heavy atom. The molecule has 112 valence electrons. The van der Waals surface area contributed by atoms with Crippen LogP contribution in [-0.2, 0) is 7.05 Å². The molecule has 1 N–H and O–H groups in total. The fraction of sp³-hybridized carbons (Fsp3) is 0.176. The maximum atomic E-state index is 12.2. The number of nitrogens with zero attached hydrogens (tertiary/aromatic N) is 2. The van der Waals surface area contributed by atoms with Gasteiger partial charge >= 0.3 is 0 Å². The predicted octanol–water partition coefficient (Wildman–Crippen LogP) is 3.10. The number of carbonyl (C=O) groups is 1. The molecule has 1 heterocycles. The predicted molar refractivity (Wildman–Crippen MR) is 89.7 cm³/mol. The summed E-state index contributed by atoms with van der Waals surface area (Å²) in [5, 5.41) is 4.25. The summed E-state index contributed by atoms with van der Waals surface area (Å²) in [6, 6.07) is 13.7. The summed E-state index contributed by atoms with van der Waals surface area (Å²) < 4.78 is 3.12. The average molecular weight is 311 g/mol. The summed E-state index contributed by atoms with van der Waals surface area (Å²) in [5.74, 6) is -0.194. The molecule has 0 aliphatic heterocycles. The second-order valence-electron chi connectivity index (χ2n) is 5.26. The van der Waals surface area contributed by atoms with E-state index in [2.05, 4.69) is 10.5 Å². The van der Waals surface area contributed by atoms with Crippen LogP contribution in [0.2, 0.25) is 0 Å². The molecule has 1 aromatic heterocycles. The molecular weight excluding hydrogens is 294 g/mol. The number of rotatable bonds is 2. The van der Waals surface area contributed by atoms with Gasteiger partial charge in [0.15, 0.2) is 0 Å². The zero-order valence-electron chi connectivity index (χ0n) is 12.8. The Hall–Kier alpha value is -2.40. The molecule has 0 spiro atoms. The van der Waals surface area contributed by atoms with Gasteiger partial charge in [0.1, 0.15) is 0 Å². The Bertz CT molecular complexity index is 921. The van der Waals surface area contributed by atoms with Gasteiger partial charge in [0.05, 0.1) is 10.2 Å². The van der Waals surface area contributed by atoms with Crippen LogP contribution in [0.25, 0.3) is 10.2 Å². The number of carbonyl (C=O) groups excluding carboxylic acids is 1. The minimum atomic E-state index is -0.194. The molecule has 0 saturated carbocycles. The molecule has 0 fully saturated rings. The minimum absolute atomic E-state index is 0.194. The van der Waals surface area contributed by atoms with Gasteiger partial charge in [0.25, 0.3) is 5.91 Å². The van der Waals surface area contributed by atoms with Crippen molar-refractivity contribution in [3.8, 4) is 0 Å². The van der Waals surface area contributed by atoms with E-state index in [0.717, 1.165) is 20.6 Å². The maximum Gasteiger partial charge on any atom is 0.271 e. The van der Waals surface area contributed by atoms with E-state index in [1.165, 1.54) is 5.56 Å². The van der Waals surface area contributed by atoms with Crippen molar-refractivity contribution < 1.29 is 4.79 Å². The molecule has 0 saturated heterocycles. The number of hydrogen-bond acceptors (Lipinski definition) is 3. The molecule has 5 heteroatoms. The first kappa shape index (κ1) is 14.5. The van der Waals surface area contributed by atoms with Crippen molar-refractivity contribution in [3.63, 3.8) is 0 Å². The second-order valence-corrected chi connectivity index (χ2v) is 6.27. The van der Waals surface area contributed by atoms with E-state index in [0.29, 0.717) is 5.56 Å². The largest absolute Gasteiger partial charge is 0.318 e. The average Bonchev–Trinajstić information content (AvgIpc) is 2.84. The highest BCUT2D eigenvalue weighted by molar-refractivity contribution is 7.16. The first-order chi connectivity index (χ1) is 10.6. The number of thiazole rings is 1. The van der Waals surface area contributed by atoms with Crippen LogP contribution in [0.3, 0.4) is 0 Å². The van der Waals surface area contributed by atoms with Gasteiger partial charge in [-0.15, -0.1) is 5.10 Å². The van der Waals surface area contributed by atoms with Crippen molar-refractivity contribution in [3.05, 3.63) is 64.0 Å². The number of aryl methyl sites for hydroxylation is 3. The Morgan fingerprint density at radius 1 is 1.14 bits per heavy atom. The van der Waals surface area contributed by atoms with E-state index in [-0.39, 0.29) is 5.91 Å². The molecule has 1 amide bonds. The van der Waals surface area contributed by atoms with Crippen LogP contribution in [0.4, 0.5) is 0 Å². The molecule has 4 nitrogen and oxygen atoms in total. The van der Waals surface area contributed by atoms with Crippen LogP contribution in [0.5, 0.6) is 0 Å². The molecule has 2 aromatic carbocycles. The van der Waals surface area contributed by atoms with E-state index in [1.54, 1.807) is 11.3 Å². The van der Waals surface area contributed by atoms with E-state index >= 15 is 0 Å². The molecule has 0 radical (unpaired) electrons. The Labute approximate surface area is 132 Å². The number of para-hydroxylation sites is 1. The standard InChI is InChI=1S/C17H17N3OS/c1-11-8-9-13(10-12(11)2)16(21)18-19-17-20(3)14-6-4-5-7-15(14)22-17/h4-10H,1-3H3,(H,18,21)/b19-17+. The van der Waals surface area contributed by atoms with Crippen LogP contribution in [-0.4, -0.2) is 10.5 Å². The maximum absolute atomic E-state index is 12.2. The smallest absolute Gasteiger partial charge is 0.271 e. The highest BCUT2D eigenvalue weighted by Crippen LogP contribution is 2.15. The monoisotopic (exact) mass is 311 g/mol. The number of benzene rings is 2. The van der Waals surface area contributed by atoms with E-state index in [9.17, 15) is 4.79 Å². The van der Waals surface area contributed by atoms with Gasteiger partial charge in [-0.3, -0.25) is 4.79 Å². The molecule has 3 aromatic rings. The number of fused-ring (bicyclic) bond motifs is 1. The van der Waals surface area contributed by atoms with E-state index in [4.69, 9.17) is 0 Å². The zero-order chi connectivity index (χ0) is 15.7. The van der Waals surface area contributed by atoms with Gasteiger partial charge in [-0.05, 0) is 49.2 Å². The lowest BCUT2D eigenvalue weighted by Crippen LogP contribution is -2.23. The molecular formula is C17H17N3OS. The summed E-state index contributed by atoms with van der Waals surface area (Å²) in [6.07, 6.45) is 0. The lowest BCUT2D eigenvalue weighted by atomic mass is 10.1. The number of amides is 1. The van der Waals surface area contributed by atoms with Crippen molar-refractivity contribution >= 4 is 27.5 Å². The fourth-order valence-electron chi connectivity index (χ4n) is 2.23. The Kier molecular flexibility index (Phi) is 3.81. The summed E-state index contributed by atoms with van der Waals surface area (Å²) in [7, 11) is 1.94. The number of nitrogens with one attached hydrogen (secondary N) is 1. The number of aromatic nitrogens is 1. The SMILES string of the molecule is Cc1ccc(C(=O)N/N=c2/sc3ccccc3n2C)cc1C. The van der Waals surface area contributed by atoms with Crippen molar-refractivity contribution in [2.24, 2.45) is 12.1 Å². The minimum Gasteiger partial charge on any atom is -0.318 e. The summed E-state index contributed by atoms with van der Waals surface area (Å²) in [5.41, 5.74) is 6.63. The Morgan fingerprint density at radius 2 is 1.91 bits per heavy atom. The van der Waals surface area contributed by atoms with Crippen LogP contribution in [0.15, 0.2) is 47.6 Å². The molecule has 0 aliphatic rings. The van der Waals surface area contributed by atoms with Crippen molar-refractivity contribution in [1.29, 1.82) is 0 Å². The highest BCUT2D eigenvalue weighted by atomic mass is 32.1. The third kappa shape index (κ3) is 2.67. The molecule has 22 heavy (non-hydrogen) atoms. The third-order valence-electron chi connectivity index (χ3n) is 3.74. The molecule has 3 rings (SSSR count). The fourth-order valence-corrected chi connectivity index (χ4v) is 3.21. The van der Waals surface area contributed by atoms with Gasteiger partial charge in [-0.25, -0.2) is 5.43 Å². The number of hydrogen-bond donors (Lipinski definition) is 1. The van der Waals surface area contributed by atoms with Crippen LogP contribution < -0.4 is 10.2 Å². The van der Waals surface area contributed by atoms with Crippen LogP contribution in [0, 0.1) is 13.8 Å².